The molecule has 6 nitrogen and oxygen atoms in total. The lowest BCUT2D eigenvalue weighted by Crippen LogP contribution is -1.97. The Morgan fingerprint density at radius 3 is 2.85 bits per heavy atom. The molecular formula is C12H11BrClN3O3. The smallest absolute Gasteiger partial charge is 0.273 e. The van der Waals surface area contributed by atoms with Gasteiger partial charge in [0.1, 0.15) is 0 Å². The molecule has 0 unspecified atom stereocenters. The highest BCUT2D eigenvalue weighted by atomic mass is 79.9. The fourth-order valence-electron chi connectivity index (χ4n) is 1.75. The van der Waals surface area contributed by atoms with Gasteiger partial charge in [-0.2, -0.15) is 5.10 Å². The summed E-state index contributed by atoms with van der Waals surface area (Å²) in [6.45, 7) is 1.86. The van der Waals surface area contributed by atoms with Crippen LogP contribution in [0.3, 0.4) is 0 Å². The molecule has 0 bridgehead atoms. The first-order valence-electron chi connectivity index (χ1n) is 5.64. The van der Waals surface area contributed by atoms with Gasteiger partial charge >= 0.3 is 0 Å². The van der Waals surface area contributed by atoms with Crippen molar-refractivity contribution in [1.82, 2.24) is 9.78 Å². The van der Waals surface area contributed by atoms with E-state index in [0.717, 1.165) is 11.3 Å². The summed E-state index contributed by atoms with van der Waals surface area (Å²) >= 11 is 9.38. The van der Waals surface area contributed by atoms with Crippen molar-refractivity contribution in [2.75, 3.05) is 0 Å². The Morgan fingerprint density at radius 2 is 2.25 bits per heavy atom. The van der Waals surface area contributed by atoms with Crippen LogP contribution in [0.2, 0.25) is 5.02 Å². The van der Waals surface area contributed by atoms with Crippen LogP contribution < -0.4 is 4.74 Å². The van der Waals surface area contributed by atoms with Gasteiger partial charge in [0.05, 0.1) is 21.7 Å². The van der Waals surface area contributed by atoms with E-state index in [9.17, 15) is 10.1 Å². The number of nitro groups is 1. The Balaban J connectivity index is 2.44. The molecule has 0 atom stereocenters. The van der Waals surface area contributed by atoms with Gasteiger partial charge in [-0.3, -0.25) is 10.1 Å². The van der Waals surface area contributed by atoms with Crippen molar-refractivity contribution < 1.29 is 9.66 Å². The molecule has 1 heterocycles. The number of ether oxygens (including phenoxy) is 1. The van der Waals surface area contributed by atoms with Gasteiger partial charge in [-0.05, 0) is 13.0 Å². The second-order valence-electron chi connectivity index (χ2n) is 4.10. The van der Waals surface area contributed by atoms with Crippen molar-refractivity contribution in [1.29, 1.82) is 0 Å². The molecule has 1 aromatic heterocycles. The van der Waals surface area contributed by atoms with Crippen molar-refractivity contribution in [2.45, 2.75) is 12.3 Å². The molecule has 0 spiro atoms. The highest BCUT2D eigenvalue weighted by molar-refractivity contribution is 9.08. The van der Waals surface area contributed by atoms with E-state index < -0.39 is 4.92 Å². The molecule has 0 aliphatic rings. The largest absolute Gasteiger partial charge is 0.437 e. The molecule has 0 N–H and O–H groups in total. The Bertz CT molecular complexity index is 672. The molecule has 8 heteroatoms. The molecule has 0 radical (unpaired) electrons. The third-order valence-corrected chi connectivity index (χ3v) is 3.63. The summed E-state index contributed by atoms with van der Waals surface area (Å²) in [7, 11) is 1.74. The molecule has 0 saturated heterocycles. The van der Waals surface area contributed by atoms with Crippen molar-refractivity contribution in [3.8, 4) is 11.6 Å². The number of aryl methyl sites for hydroxylation is 2. The van der Waals surface area contributed by atoms with Crippen LogP contribution >= 0.6 is 27.5 Å². The Kier molecular flexibility index (Phi) is 4.29. The second kappa shape index (κ2) is 5.80. The zero-order valence-corrected chi connectivity index (χ0v) is 13.1. The van der Waals surface area contributed by atoms with Crippen molar-refractivity contribution in [3.63, 3.8) is 0 Å². The van der Waals surface area contributed by atoms with Crippen LogP contribution in [-0.4, -0.2) is 14.7 Å². The van der Waals surface area contributed by atoms with E-state index in [2.05, 4.69) is 21.0 Å². The zero-order chi connectivity index (χ0) is 14.9. The van der Waals surface area contributed by atoms with Crippen LogP contribution in [-0.2, 0) is 12.4 Å². The fourth-order valence-corrected chi connectivity index (χ4v) is 2.55. The average molecular weight is 361 g/mol. The van der Waals surface area contributed by atoms with Gasteiger partial charge in [0.15, 0.2) is 5.75 Å². The summed E-state index contributed by atoms with van der Waals surface area (Å²) in [5, 5.41) is 15.9. The second-order valence-corrected chi connectivity index (χ2v) is 5.07. The molecule has 0 saturated carbocycles. The molecule has 0 aliphatic heterocycles. The number of halogens is 2. The van der Waals surface area contributed by atoms with E-state index >= 15 is 0 Å². The molecular weight excluding hydrogens is 350 g/mol. The standard InChI is InChI=1S/C12H11BrClN3O3/c1-7-9(6-13)12(16(2)15-7)20-11-5-8(17(18)19)3-4-10(11)14/h3-5H,6H2,1-2H3. The number of benzene rings is 1. The van der Waals surface area contributed by atoms with E-state index in [4.69, 9.17) is 16.3 Å². The number of hydrogen-bond acceptors (Lipinski definition) is 4. The van der Waals surface area contributed by atoms with Gasteiger partial charge < -0.3 is 4.74 Å². The van der Waals surface area contributed by atoms with Crippen LogP contribution in [0.5, 0.6) is 11.6 Å². The minimum Gasteiger partial charge on any atom is -0.437 e. The van der Waals surface area contributed by atoms with Crippen LogP contribution in [0.15, 0.2) is 18.2 Å². The highest BCUT2D eigenvalue weighted by Crippen LogP contribution is 2.35. The molecule has 0 aliphatic carbocycles. The first-order chi connectivity index (χ1) is 9.43. The first-order valence-corrected chi connectivity index (χ1v) is 7.14. The van der Waals surface area contributed by atoms with E-state index in [1.165, 1.54) is 18.2 Å². The van der Waals surface area contributed by atoms with Crippen molar-refractivity contribution in [3.05, 3.63) is 44.6 Å². The Hall–Kier alpha value is -1.60. The normalized spacial score (nSPS) is 10.6. The number of non-ortho nitro benzene ring substituents is 1. The van der Waals surface area contributed by atoms with Gasteiger partial charge in [0.2, 0.25) is 5.88 Å². The van der Waals surface area contributed by atoms with Crippen LogP contribution in [0.25, 0.3) is 0 Å². The third kappa shape index (κ3) is 2.78. The number of rotatable bonds is 4. The number of alkyl halides is 1. The summed E-state index contributed by atoms with van der Waals surface area (Å²) in [4.78, 5) is 10.3. The minimum absolute atomic E-state index is 0.0799. The van der Waals surface area contributed by atoms with Gasteiger partial charge in [-0.25, -0.2) is 4.68 Å². The van der Waals surface area contributed by atoms with Crippen LogP contribution in [0.1, 0.15) is 11.3 Å². The maximum atomic E-state index is 10.8. The van der Waals surface area contributed by atoms with E-state index in [1.807, 2.05) is 6.92 Å². The van der Waals surface area contributed by atoms with E-state index in [-0.39, 0.29) is 11.4 Å². The molecule has 106 valence electrons. The maximum absolute atomic E-state index is 10.8. The van der Waals surface area contributed by atoms with Gasteiger partial charge in [0.25, 0.3) is 5.69 Å². The lowest BCUT2D eigenvalue weighted by molar-refractivity contribution is -0.384. The number of aromatic nitrogens is 2. The van der Waals surface area contributed by atoms with E-state index in [0.29, 0.717) is 16.2 Å². The monoisotopic (exact) mass is 359 g/mol. The first kappa shape index (κ1) is 14.8. The zero-order valence-electron chi connectivity index (χ0n) is 10.8. The predicted octanol–water partition coefficient (Wildman–Crippen LogP) is 3.98. The van der Waals surface area contributed by atoms with Crippen molar-refractivity contribution >= 4 is 33.2 Å². The van der Waals surface area contributed by atoms with Crippen LogP contribution in [0.4, 0.5) is 5.69 Å². The average Bonchev–Trinajstić information content (AvgIpc) is 2.66. The summed E-state index contributed by atoms with van der Waals surface area (Å²) in [5.74, 6) is 0.729. The Labute approximate surface area is 128 Å². The quantitative estimate of drug-likeness (QED) is 0.470. The lowest BCUT2D eigenvalue weighted by Gasteiger charge is -2.09. The van der Waals surface area contributed by atoms with Gasteiger partial charge in [0, 0.05) is 24.0 Å². The SMILES string of the molecule is Cc1nn(C)c(Oc2cc([N+](=O)[O-])ccc2Cl)c1CBr. The minimum atomic E-state index is -0.497. The van der Waals surface area contributed by atoms with Gasteiger partial charge in [-0.15, -0.1) is 0 Å². The summed E-state index contributed by atoms with van der Waals surface area (Å²) in [6.07, 6.45) is 0. The molecule has 2 rings (SSSR count). The summed E-state index contributed by atoms with van der Waals surface area (Å²) in [5.41, 5.74) is 1.61. The predicted molar refractivity (Wildman–Crippen MR) is 78.8 cm³/mol. The molecule has 0 fully saturated rings. The summed E-state index contributed by atoms with van der Waals surface area (Å²) < 4.78 is 7.28. The van der Waals surface area contributed by atoms with Gasteiger partial charge in [-0.1, -0.05) is 27.5 Å². The number of hydrogen-bond donors (Lipinski definition) is 0. The van der Waals surface area contributed by atoms with Crippen molar-refractivity contribution in [2.24, 2.45) is 7.05 Å². The molecule has 1 aromatic carbocycles. The van der Waals surface area contributed by atoms with E-state index in [1.54, 1.807) is 11.7 Å². The lowest BCUT2D eigenvalue weighted by atomic mass is 10.3. The molecule has 20 heavy (non-hydrogen) atoms. The molecule has 2 aromatic rings. The topological polar surface area (TPSA) is 70.2 Å². The third-order valence-electron chi connectivity index (χ3n) is 2.75. The number of nitro benzene ring substituents is 1. The highest BCUT2D eigenvalue weighted by Gasteiger charge is 2.17. The fraction of sp³-hybridized carbons (Fsp3) is 0.250. The Morgan fingerprint density at radius 1 is 1.55 bits per heavy atom. The molecule has 0 amide bonds. The van der Waals surface area contributed by atoms with Crippen LogP contribution in [0, 0.1) is 17.0 Å². The maximum Gasteiger partial charge on any atom is 0.273 e. The number of nitrogens with zero attached hydrogens (tertiary/aromatic N) is 3. The summed E-state index contributed by atoms with van der Waals surface area (Å²) in [6, 6.07) is 4.06.